The van der Waals surface area contributed by atoms with E-state index in [0.717, 1.165) is 10.4 Å². The number of halogens is 1. The summed E-state index contributed by atoms with van der Waals surface area (Å²) >= 11 is 1.32. The van der Waals surface area contributed by atoms with E-state index in [1.54, 1.807) is 25.1 Å². The van der Waals surface area contributed by atoms with Gasteiger partial charge in [0.15, 0.2) is 0 Å². The van der Waals surface area contributed by atoms with Gasteiger partial charge >= 0.3 is 5.97 Å². The Morgan fingerprint density at radius 1 is 1.26 bits per heavy atom. The molecule has 0 aliphatic heterocycles. The van der Waals surface area contributed by atoms with E-state index in [4.69, 9.17) is 9.15 Å². The van der Waals surface area contributed by atoms with E-state index in [1.807, 2.05) is 18.0 Å². The van der Waals surface area contributed by atoms with E-state index in [1.165, 1.54) is 30.6 Å². The van der Waals surface area contributed by atoms with Gasteiger partial charge in [0.25, 0.3) is 5.56 Å². The number of thiophene rings is 1. The highest BCUT2D eigenvalue weighted by atomic mass is 32.1. The number of esters is 1. The Labute approximate surface area is 181 Å². The summed E-state index contributed by atoms with van der Waals surface area (Å²) in [5, 5.41) is 0. The van der Waals surface area contributed by atoms with Crippen molar-refractivity contribution in [1.82, 2.24) is 14.9 Å². The van der Waals surface area contributed by atoms with Crippen LogP contribution in [0.25, 0.3) is 20.7 Å². The molecule has 7 nitrogen and oxygen atoms in total. The summed E-state index contributed by atoms with van der Waals surface area (Å²) in [6.07, 6.45) is 0. The zero-order chi connectivity index (χ0) is 22.1. The first kappa shape index (κ1) is 21.0. The third-order valence-corrected chi connectivity index (χ3v) is 5.95. The molecule has 9 heteroatoms. The molecule has 3 heterocycles. The summed E-state index contributed by atoms with van der Waals surface area (Å²) < 4.78 is 24.1. The van der Waals surface area contributed by atoms with Gasteiger partial charge in [-0.3, -0.25) is 9.69 Å². The molecule has 0 unspecified atom stereocenters. The number of fused-ring (bicyclic) bond motifs is 1. The minimum absolute atomic E-state index is 0.214. The summed E-state index contributed by atoms with van der Waals surface area (Å²) in [5.41, 5.74) is 1.61. The predicted octanol–water partition coefficient (Wildman–Crippen LogP) is 4.11. The van der Waals surface area contributed by atoms with E-state index >= 15 is 0 Å². The number of furan rings is 1. The number of carbonyl (C=O) groups is 1. The van der Waals surface area contributed by atoms with Gasteiger partial charge in [-0.05, 0) is 43.8 Å². The van der Waals surface area contributed by atoms with Crippen molar-refractivity contribution in [1.29, 1.82) is 0 Å². The maximum absolute atomic E-state index is 13.2. The molecule has 4 rings (SSSR count). The van der Waals surface area contributed by atoms with Crippen molar-refractivity contribution in [3.05, 3.63) is 75.5 Å². The number of nitrogens with one attached hydrogen (secondary N) is 1. The first-order valence-electron chi connectivity index (χ1n) is 9.49. The van der Waals surface area contributed by atoms with Gasteiger partial charge < -0.3 is 14.1 Å². The Kier molecular flexibility index (Phi) is 5.71. The molecule has 0 radical (unpaired) electrons. The fourth-order valence-corrected chi connectivity index (χ4v) is 4.33. The van der Waals surface area contributed by atoms with Gasteiger partial charge in [-0.2, -0.15) is 0 Å². The molecule has 4 aromatic rings. The minimum atomic E-state index is -0.444. The van der Waals surface area contributed by atoms with Gasteiger partial charge in [-0.15, -0.1) is 11.3 Å². The van der Waals surface area contributed by atoms with Crippen LogP contribution >= 0.6 is 11.3 Å². The molecule has 3 aromatic heterocycles. The summed E-state index contributed by atoms with van der Waals surface area (Å²) in [6.45, 7) is 2.50. The molecule has 0 spiro atoms. The molecule has 0 atom stereocenters. The lowest BCUT2D eigenvalue weighted by Gasteiger charge is -2.14. The highest BCUT2D eigenvalue weighted by Gasteiger charge is 2.17. The number of nitrogens with zero attached hydrogens (tertiary/aromatic N) is 2. The molecule has 0 saturated heterocycles. The second kappa shape index (κ2) is 8.44. The third-order valence-electron chi connectivity index (χ3n) is 4.78. The fourth-order valence-electron chi connectivity index (χ4n) is 3.33. The lowest BCUT2D eigenvalue weighted by atomic mass is 10.2. The molecule has 160 valence electrons. The molecule has 1 aromatic carbocycles. The van der Waals surface area contributed by atoms with Crippen molar-refractivity contribution in [3.63, 3.8) is 0 Å². The van der Waals surface area contributed by atoms with Crippen molar-refractivity contribution in [2.24, 2.45) is 0 Å². The number of aryl methyl sites for hydroxylation is 1. The van der Waals surface area contributed by atoms with Crippen LogP contribution in [0.4, 0.5) is 4.39 Å². The standard InChI is InChI=1S/C22H20FN3O4S/c1-12-16(22(28)29-3)8-15(30-12)10-26(2)11-19-24-17-9-18(31-20(17)21(27)25-19)13-4-6-14(23)7-5-13/h4-9H,10-11H2,1-3H3,(H,24,25,27). The van der Waals surface area contributed by atoms with Crippen molar-refractivity contribution < 1.29 is 18.3 Å². The predicted molar refractivity (Wildman–Crippen MR) is 116 cm³/mol. The minimum Gasteiger partial charge on any atom is -0.465 e. The smallest absolute Gasteiger partial charge is 0.341 e. The van der Waals surface area contributed by atoms with Crippen molar-refractivity contribution in [2.75, 3.05) is 14.2 Å². The van der Waals surface area contributed by atoms with Crippen LogP contribution < -0.4 is 5.56 Å². The highest BCUT2D eigenvalue weighted by molar-refractivity contribution is 7.22. The lowest BCUT2D eigenvalue weighted by Crippen LogP contribution is -2.21. The van der Waals surface area contributed by atoms with E-state index in [9.17, 15) is 14.0 Å². The average molecular weight is 441 g/mol. The zero-order valence-corrected chi connectivity index (χ0v) is 18.0. The molecule has 0 saturated carbocycles. The molecule has 31 heavy (non-hydrogen) atoms. The van der Waals surface area contributed by atoms with E-state index in [-0.39, 0.29) is 11.4 Å². The van der Waals surface area contributed by atoms with Gasteiger partial charge in [0.1, 0.15) is 33.4 Å². The van der Waals surface area contributed by atoms with E-state index < -0.39 is 5.97 Å². The van der Waals surface area contributed by atoms with Crippen LogP contribution in [-0.4, -0.2) is 35.0 Å². The quantitative estimate of drug-likeness (QED) is 0.453. The zero-order valence-electron chi connectivity index (χ0n) is 17.2. The molecule has 0 amide bonds. The first-order chi connectivity index (χ1) is 14.8. The van der Waals surface area contributed by atoms with Crippen LogP contribution in [-0.2, 0) is 17.8 Å². The van der Waals surface area contributed by atoms with Crippen LogP contribution in [0.5, 0.6) is 0 Å². The summed E-state index contributed by atoms with van der Waals surface area (Å²) in [4.78, 5) is 34.5. The molecular formula is C22H20FN3O4S. The topological polar surface area (TPSA) is 88.4 Å². The Balaban J connectivity index is 1.54. The third kappa shape index (κ3) is 4.42. The molecule has 0 aliphatic rings. The molecule has 0 fully saturated rings. The first-order valence-corrected chi connectivity index (χ1v) is 10.3. The molecule has 0 bridgehead atoms. The second-order valence-corrected chi connectivity index (χ2v) is 8.24. The van der Waals surface area contributed by atoms with Crippen LogP contribution in [0, 0.1) is 12.7 Å². The highest BCUT2D eigenvalue weighted by Crippen LogP contribution is 2.31. The van der Waals surface area contributed by atoms with Gasteiger partial charge in [0.2, 0.25) is 0 Å². The second-order valence-electron chi connectivity index (χ2n) is 7.19. The number of benzene rings is 1. The van der Waals surface area contributed by atoms with Gasteiger partial charge in [-0.1, -0.05) is 12.1 Å². The van der Waals surface area contributed by atoms with Gasteiger partial charge in [-0.25, -0.2) is 14.2 Å². The number of aromatic amines is 1. The number of carbonyl (C=O) groups excluding carboxylic acids is 1. The monoisotopic (exact) mass is 441 g/mol. The summed E-state index contributed by atoms with van der Waals surface area (Å²) in [6, 6.07) is 9.63. The summed E-state index contributed by atoms with van der Waals surface area (Å²) in [7, 11) is 3.18. The van der Waals surface area contributed by atoms with Crippen LogP contribution in [0.2, 0.25) is 0 Å². The number of methoxy groups -OCH3 is 1. The average Bonchev–Trinajstić information content (AvgIpc) is 3.31. The summed E-state index contributed by atoms with van der Waals surface area (Å²) in [5.74, 6) is 0.866. The molecular weight excluding hydrogens is 421 g/mol. The Bertz CT molecular complexity index is 1310. The van der Waals surface area contributed by atoms with Crippen LogP contribution in [0.3, 0.4) is 0 Å². The number of hydrogen-bond donors (Lipinski definition) is 1. The molecule has 1 N–H and O–H groups in total. The molecule has 0 aliphatic carbocycles. The number of aromatic nitrogens is 2. The van der Waals surface area contributed by atoms with Gasteiger partial charge in [0, 0.05) is 4.88 Å². The Hall–Kier alpha value is -3.30. The van der Waals surface area contributed by atoms with Crippen LogP contribution in [0.1, 0.15) is 27.7 Å². The maximum atomic E-state index is 13.2. The Morgan fingerprint density at radius 3 is 2.71 bits per heavy atom. The van der Waals surface area contributed by atoms with Crippen molar-refractivity contribution in [2.45, 2.75) is 20.0 Å². The fraction of sp³-hybridized carbons (Fsp3) is 0.227. The van der Waals surface area contributed by atoms with Crippen molar-refractivity contribution >= 4 is 27.5 Å². The van der Waals surface area contributed by atoms with E-state index in [2.05, 4.69) is 9.97 Å². The SMILES string of the molecule is COC(=O)c1cc(CN(C)Cc2nc3cc(-c4ccc(F)cc4)sc3c(=O)[nH]2)oc1C. The number of rotatable bonds is 6. The largest absolute Gasteiger partial charge is 0.465 e. The van der Waals surface area contributed by atoms with Crippen LogP contribution in [0.15, 0.2) is 45.6 Å². The Morgan fingerprint density at radius 2 is 2.00 bits per heavy atom. The normalized spacial score (nSPS) is 11.4. The van der Waals surface area contributed by atoms with E-state index in [0.29, 0.717) is 46.2 Å². The number of H-pyrrole nitrogens is 1. The van der Waals surface area contributed by atoms with Gasteiger partial charge in [0.05, 0.1) is 25.7 Å². The lowest BCUT2D eigenvalue weighted by molar-refractivity contribution is 0.0599. The van der Waals surface area contributed by atoms with Crippen molar-refractivity contribution in [3.8, 4) is 10.4 Å². The number of ether oxygens (including phenoxy) is 1. The maximum Gasteiger partial charge on any atom is 0.341 e. The number of hydrogen-bond acceptors (Lipinski definition) is 7.